The maximum absolute atomic E-state index is 14.5. The van der Waals surface area contributed by atoms with E-state index in [1.807, 2.05) is 61.2 Å². The third-order valence-corrected chi connectivity index (χ3v) is 5.69. The van der Waals surface area contributed by atoms with Gasteiger partial charge in [0.1, 0.15) is 6.33 Å². The number of hydrogen-bond donors (Lipinski definition) is 0. The van der Waals surface area contributed by atoms with Crippen LogP contribution >= 0.6 is 0 Å². The van der Waals surface area contributed by atoms with E-state index in [0.29, 0.717) is 12.1 Å². The summed E-state index contributed by atoms with van der Waals surface area (Å²) in [6, 6.07) is 15.0. The minimum Gasteiger partial charge on any atom is -0.494 e. The van der Waals surface area contributed by atoms with E-state index in [2.05, 4.69) is 21.8 Å². The van der Waals surface area contributed by atoms with Gasteiger partial charge in [0.05, 0.1) is 24.2 Å². The highest BCUT2D eigenvalue weighted by molar-refractivity contribution is 5.64. The highest BCUT2D eigenvalue weighted by Crippen LogP contribution is 2.30. The number of methoxy groups -OCH3 is 1. The molecule has 0 saturated heterocycles. The van der Waals surface area contributed by atoms with Crippen LogP contribution in [0, 0.1) is 12.7 Å². The second-order valence-corrected chi connectivity index (χ2v) is 7.81. The predicted molar refractivity (Wildman–Crippen MR) is 122 cm³/mol. The van der Waals surface area contributed by atoms with E-state index in [9.17, 15) is 4.39 Å². The maximum atomic E-state index is 14.5. The van der Waals surface area contributed by atoms with Crippen LogP contribution in [0.1, 0.15) is 29.8 Å². The molecule has 0 spiro atoms. The summed E-state index contributed by atoms with van der Waals surface area (Å²) in [4.78, 5) is 10.6. The van der Waals surface area contributed by atoms with E-state index in [4.69, 9.17) is 9.84 Å². The molecule has 0 aliphatic carbocycles. The van der Waals surface area contributed by atoms with Crippen LogP contribution in [-0.4, -0.2) is 38.8 Å². The molecule has 0 aliphatic rings. The molecule has 1 atom stereocenters. The third-order valence-electron chi connectivity index (χ3n) is 5.69. The topological polar surface area (TPSA) is 56.1 Å². The van der Waals surface area contributed by atoms with Crippen molar-refractivity contribution in [3.8, 4) is 22.7 Å². The monoisotopic (exact) mass is 431 g/mol. The molecule has 2 aromatic heterocycles. The normalized spacial score (nSPS) is 12.2. The number of rotatable bonds is 7. The summed E-state index contributed by atoms with van der Waals surface area (Å²) < 4.78 is 21.4. The fraction of sp³-hybridized carbons (Fsp3) is 0.240. The van der Waals surface area contributed by atoms with E-state index in [1.165, 1.54) is 13.2 Å². The number of para-hydroxylation sites is 1. The number of ether oxygens (including phenoxy) is 1. The summed E-state index contributed by atoms with van der Waals surface area (Å²) in [6.07, 6.45) is 5.32. The minimum atomic E-state index is -0.413. The van der Waals surface area contributed by atoms with Crippen molar-refractivity contribution in [2.24, 2.45) is 0 Å². The molecule has 2 aromatic carbocycles. The van der Waals surface area contributed by atoms with Crippen molar-refractivity contribution < 1.29 is 9.13 Å². The molecular weight excluding hydrogens is 405 g/mol. The molecule has 0 aliphatic heterocycles. The standard InChI is InChI=1S/C25H26FN5O/c1-17-7-5-6-8-23(17)31-15-20(14-30(3)18(2)22-11-12-27-16-28-22)25(29-31)19-9-10-24(32-4)21(26)13-19/h5-13,15-16,18H,14H2,1-4H3/t18-/m0/s1. The van der Waals surface area contributed by atoms with Gasteiger partial charge in [-0.05, 0) is 56.8 Å². The zero-order chi connectivity index (χ0) is 22.7. The highest BCUT2D eigenvalue weighted by atomic mass is 19.1. The van der Waals surface area contributed by atoms with Crippen molar-refractivity contribution in [1.29, 1.82) is 0 Å². The zero-order valence-electron chi connectivity index (χ0n) is 18.7. The van der Waals surface area contributed by atoms with Crippen LogP contribution in [0.25, 0.3) is 16.9 Å². The predicted octanol–water partition coefficient (Wildman–Crippen LogP) is 4.98. The Hall–Kier alpha value is -3.58. The molecule has 0 N–H and O–H groups in total. The molecule has 164 valence electrons. The van der Waals surface area contributed by atoms with Gasteiger partial charge in [0.15, 0.2) is 11.6 Å². The van der Waals surface area contributed by atoms with E-state index in [1.54, 1.807) is 18.6 Å². The van der Waals surface area contributed by atoms with Crippen LogP contribution in [0.3, 0.4) is 0 Å². The Balaban J connectivity index is 1.74. The van der Waals surface area contributed by atoms with Gasteiger partial charge in [-0.25, -0.2) is 19.0 Å². The fourth-order valence-electron chi connectivity index (χ4n) is 3.71. The molecule has 4 aromatic rings. The third kappa shape index (κ3) is 4.38. The largest absolute Gasteiger partial charge is 0.494 e. The summed E-state index contributed by atoms with van der Waals surface area (Å²) in [5.41, 5.74) is 5.45. The first-order valence-corrected chi connectivity index (χ1v) is 10.4. The zero-order valence-corrected chi connectivity index (χ0v) is 18.7. The molecule has 7 heteroatoms. The fourth-order valence-corrected chi connectivity index (χ4v) is 3.71. The number of hydrogen-bond acceptors (Lipinski definition) is 5. The average molecular weight is 432 g/mol. The lowest BCUT2D eigenvalue weighted by molar-refractivity contribution is 0.248. The second-order valence-electron chi connectivity index (χ2n) is 7.81. The molecule has 0 fully saturated rings. The second kappa shape index (κ2) is 9.28. The van der Waals surface area contributed by atoms with Crippen LogP contribution in [0.4, 0.5) is 4.39 Å². The number of nitrogens with zero attached hydrogens (tertiary/aromatic N) is 5. The summed E-state index contributed by atoms with van der Waals surface area (Å²) in [5.74, 6) is -0.202. The van der Waals surface area contributed by atoms with Crippen molar-refractivity contribution in [3.63, 3.8) is 0 Å². The van der Waals surface area contributed by atoms with Gasteiger partial charge in [-0.3, -0.25) is 4.90 Å². The van der Waals surface area contributed by atoms with Gasteiger partial charge < -0.3 is 4.74 Å². The van der Waals surface area contributed by atoms with E-state index in [0.717, 1.165) is 28.2 Å². The van der Waals surface area contributed by atoms with Crippen LogP contribution in [0.2, 0.25) is 0 Å². The lowest BCUT2D eigenvalue weighted by Gasteiger charge is -2.24. The molecule has 32 heavy (non-hydrogen) atoms. The number of aryl methyl sites for hydroxylation is 1. The lowest BCUT2D eigenvalue weighted by atomic mass is 10.1. The Morgan fingerprint density at radius 3 is 2.66 bits per heavy atom. The summed E-state index contributed by atoms with van der Waals surface area (Å²) in [6.45, 7) is 4.76. The summed E-state index contributed by atoms with van der Waals surface area (Å²) in [7, 11) is 3.50. The van der Waals surface area contributed by atoms with Crippen molar-refractivity contribution >= 4 is 0 Å². The SMILES string of the molecule is COc1ccc(-c2nn(-c3ccccc3C)cc2CN(C)[C@@H](C)c2ccncn2)cc1F. The van der Waals surface area contributed by atoms with Gasteiger partial charge in [0.25, 0.3) is 0 Å². The van der Waals surface area contributed by atoms with Crippen molar-refractivity contribution in [2.75, 3.05) is 14.2 Å². The van der Waals surface area contributed by atoms with Crippen LogP contribution < -0.4 is 4.74 Å². The van der Waals surface area contributed by atoms with Gasteiger partial charge in [-0.15, -0.1) is 0 Å². The van der Waals surface area contributed by atoms with E-state index >= 15 is 0 Å². The van der Waals surface area contributed by atoms with E-state index < -0.39 is 5.82 Å². The van der Waals surface area contributed by atoms with Gasteiger partial charge in [0.2, 0.25) is 0 Å². The Kier molecular flexibility index (Phi) is 6.28. The first-order valence-electron chi connectivity index (χ1n) is 10.4. The Morgan fingerprint density at radius 2 is 1.97 bits per heavy atom. The molecule has 0 bridgehead atoms. The molecule has 0 saturated carbocycles. The smallest absolute Gasteiger partial charge is 0.165 e. The van der Waals surface area contributed by atoms with Crippen LogP contribution in [0.5, 0.6) is 5.75 Å². The molecule has 4 rings (SSSR count). The molecule has 6 nitrogen and oxygen atoms in total. The quantitative estimate of drug-likeness (QED) is 0.413. The molecule has 0 amide bonds. The molecular formula is C25H26FN5O. The van der Waals surface area contributed by atoms with Crippen molar-refractivity contribution in [2.45, 2.75) is 26.4 Å². The highest BCUT2D eigenvalue weighted by Gasteiger charge is 2.19. The summed E-state index contributed by atoms with van der Waals surface area (Å²) in [5, 5.41) is 4.85. The Bertz CT molecular complexity index is 1210. The van der Waals surface area contributed by atoms with Gasteiger partial charge in [0, 0.05) is 36.1 Å². The van der Waals surface area contributed by atoms with Gasteiger partial charge in [-0.1, -0.05) is 18.2 Å². The van der Waals surface area contributed by atoms with E-state index in [-0.39, 0.29) is 11.8 Å². The average Bonchev–Trinajstić information content (AvgIpc) is 3.22. The van der Waals surface area contributed by atoms with Crippen molar-refractivity contribution in [3.05, 3.63) is 89.9 Å². The number of aromatic nitrogens is 4. The number of benzene rings is 2. The first kappa shape index (κ1) is 21.6. The molecule has 0 unspecified atom stereocenters. The van der Waals surface area contributed by atoms with Crippen LogP contribution in [-0.2, 0) is 6.54 Å². The Morgan fingerprint density at radius 1 is 1.16 bits per heavy atom. The minimum absolute atomic E-state index is 0.0697. The van der Waals surface area contributed by atoms with Gasteiger partial charge >= 0.3 is 0 Å². The number of halogens is 1. The first-order chi connectivity index (χ1) is 15.5. The maximum Gasteiger partial charge on any atom is 0.165 e. The lowest BCUT2D eigenvalue weighted by Crippen LogP contribution is -2.22. The van der Waals surface area contributed by atoms with Gasteiger partial charge in [-0.2, -0.15) is 5.10 Å². The van der Waals surface area contributed by atoms with Crippen molar-refractivity contribution in [1.82, 2.24) is 24.6 Å². The molecule has 2 heterocycles. The summed E-state index contributed by atoms with van der Waals surface area (Å²) >= 11 is 0. The van der Waals surface area contributed by atoms with Crippen LogP contribution in [0.15, 0.2) is 67.3 Å². The Labute approximate surface area is 187 Å². The molecule has 0 radical (unpaired) electrons.